The molecular formula is C33H68FO3P. The van der Waals surface area contributed by atoms with Crippen LogP contribution in [-0.2, 0) is 4.57 Å². The lowest BCUT2D eigenvalue weighted by molar-refractivity contribution is 0.279. The molecule has 2 N–H and O–H groups in total. The highest BCUT2D eigenvalue weighted by molar-refractivity contribution is 7.51. The van der Waals surface area contributed by atoms with Crippen LogP contribution in [0, 0.1) is 0 Å². The van der Waals surface area contributed by atoms with Crippen molar-refractivity contribution in [2.45, 2.75) is 206 Å². The third kappa shape index (κ3) is 34.1. The molecule has 230 valence electrons. The maximum absolute atomic E-state index is 14.1. The fourth-order valence-corrected chi connectivity index (χ4v) is 6.15. The molecule has 0 saturated heterocycles. The van der Waals surface area contributed by atoms with Crippen molar-refractivity contribution in [3.8, 4) is 0 Å². The Morgan fingerprint density at radius 3 is 0.947 bits per heavy atom. The second kappa shape index (κ2) is 30.0. The molecule has 0 aliphatic carbocycles. The van der Waals surface area contributed by atoms with Crippen LogP contribution >= 0.6 is 7.60 Å². The normalized spacial score (nSPS) is 12.8. The van der Waals surface area contributed by atoms with Crippen molar-refractivity contribution in [2.24, 2.45) is 0 Å². The van der Waals surface area contributed by atoms with E-state index in [0.29, 0.717) is 6.42 Å². The second-order valence-electron chi connectivity index (χ2n) is 12.1. The van der Waals surface area contributed by atoms with Crippen molar-refractivity contribution < 1.29 is 18.7 Å². The van der Waals surface area contributed by atoms with Crippen LogP contribution in [0.5, 0.6) is 0 Å². The summed E-state index contributed by atoms with van der Waals surface area (Å²) in [7, 11) is -3.79. The first kappa shape index (κ1) is 38.1. The molecule has 38 heavy (non-hydrogen) atoms. The Hall–Kier alpha value is 0.0800. The number of hydrogen-bond acceptors (Lipinski definition) is 1. The van der Waals surface area contributed by atoms with Gasteiger partial charge in [-0.2, -0.15) is 0 Å². The van der Waals surface area contributed by atoms with Crippen LogP contribution < -0.4 is 0 Å². The topological polar surface area (TPSA) is 57.5 Å². The molecule has 0 saturated carbocycles. The molecule has 3 nitrogen and oxygen atoms in total. The average Bonchev–Trinajstić information content (AvgIpc) is 2.88. The first-order chi connectivity index (χ1) is 18.5. The molecule has 0 aliphatic heterocycles. The van der Waals surface area contributed by atoms with E-state index in [0.717, 1.165) is 38.5 Å². The van der Waals surface area contributed by atoms with E-state index >= 15 is 0 Å². The lowest BCUT2D eigenvalue weighted by atomic mass is 10.0. The van der Waals surface area contributed by atoms with Crippen LogP contribution in [0.2, 0.25) is 0 Å². The Kier molecular flexibility index (Phi) is 30.1. The molecule has 0 heterocycles. The molecule has 0 fully saturated rings. The lowest BCUT2D eigenvalue weighted by Crippen LogP contribution is -2.00. The predicted molar refractivity (Wildman–Crippen MR) is 166 cm³/mol. The molecule has 1 atom stereocenters. The largest absolute Gasteiger partial charge is 0.325 e. The van der Waals surface area contributed by atoms with E-state index in [2.05, 4.69) is 6.92 Å². The van der Waals surface area contributed by atoms with Gasteiger partial charge in [0.15, 0.2) is 0 Å². The van der Waals surface area contributed by atoms with Crippen molar-refractivity contribution >= 4 is 7.60 Å². The van der Waals surface area contributed by atoms with Gasteiger partial charge in [-0.15, -0.1) is 0 Å². The minimum atomic E-state index is -3.79. The summed E-state index contributed by atoms with van der Waals surface area (Å²) >= 11 is 0. The van der Waals surface area contributed by atoms with Crippen LogP contribution in [0.25, 0.3) is 0 Å². The summed E-state index contributed by atoms with van der Waals surface area (Å²) in [6.45, 7) is 2.28. The molecule has 0 aliphatic rings. The first-order valence-corrected chi connectivity index (χ1v) is 18.9. The summed E-state index contributed by atoms with van der Waals surface area (Å²) < 4.78 is 24.9. The minimum absolute atomic E-state index is 0.0445. The van der Waals surface area contributed by atoms with E-state index in [4.69, 9.17) is 9.79 Å². The van der Waals surface area contributed by atoms with Gasteiger partial charge in [0.1, 0.15) is 6.17 Å². The van der Waals surface area contributed by atoms with Gasteiger partial charge in [0.2, 0.25) is 0 Å². The van der Waals surface area contributed by atoms with Crippen LogP contribution in [-0.4, -0.2) is 22.1 Å². The van der Waals surface area contributed by atoms with Gasteiger partial charge in [0.25, 0.3) is 0 Å². The highest BCUT2D eigenvalue weighted by Crippen LogP contribution is 2.35. The van der Waals surface area contributed by atoms with E-state index in [-0.39, 0.29) is 6.16 Å². The van der Waals surface area contributed by atoms with Crippen LogP contribution in [0.1, 0.15) is 200 Å². The lowest BCUT2D eigenvalue weighted by Gasteiger charge is -2.08. The molecule has 0 spiro atoms. The monoisotopic (exact) mass is 562 g/mol. The Morgan fingerprint density at radius 1 is 0.447 bits per heavy atom. The zero-order valence-electron chi connectivity index (χ0n) is 25.6. The summed E-state index contributed by atoms with van der Waals surface area (Å²) in [5.74, 6) is 0. The van der Waals surface area contributed by atoms with Gasteiger partial charge in [-0.3, -0.25) is 4.57 Å². The molecule has 0 aromatic rings. The molecule has 0 radical (unpaired) electrons. The molecule has 5 heteroatoms. The first-order valence-electron chi connectivity index (χ1n) is 17.1. The van der Waals surface area contributed by atoms with Crippen molar-refractivity contribution in [2.75, 3.05) is 6.16 Å². The minimum Gasteiger partial charge on any atom is -0.324 e. The second-order valence-corrected chi connectivity index (χ2v) is 13.9. The number of unbranched alkanes of at least 4 members (excludes halogenated alkanes) is 26. The summed E-state index contributed by atoms with van der Waals surface area (Å²) in [5.41, 5.74) is 0. The highest BCUT2D eigenvalue weighted by Gasteiger charge is 2.11. The smallest absolute Gasteiger partial charge is 0.324 e. The van der Waals surface area contributed by atoms with Gasteiger partial charge in [-0.25, -0.2) is 4.39 Å². The summed E-state index contributed by atoms with van der Waals surface area (Å²) in [4.78, 5) is 17.7. The van der Waals surface area contributed by atoms with Crippen LogP contribution in [0.15, 0.2) is 0 Å². The van der Waals surface area contributed by atoms with Gasteiger partial charge >= 0.3 is 7.60 Å². The SMILES string of the molecule is CCCCCCCCCCCCCCCC(F)CCCCCCCCCCCCCCCCCP(=O)(O)O. The van der Waals surface area contributed by atoms with Crippen molar-refractivity contribution in [1.82, 2.24) is 0 Å². The number of halogens is 1. The Morgan fingerprint density at radius 2 is 0.684 bits per heavy atom. The molecule has 0 aromatic heterocycles. The zero-order chi connectivity index (χ0) is 28.0. The van der Waals surface area contributed by atoms with Gasteiger partial charge in [0.05, 0.1) is 0 Å². The number of rotatable bonds is 32. The van der Waals surface area contributed by atoms with Crippen LogP contribution in [0.3, 0.4) is 0 Å². The molecule has 0 bridgehead atoms. The van der Waals surface area contributed by atoms with Gasteiger partial charge in [0, 0.05) is 6.16 Å². The quantitative estimate of drug-likeness (QED) is 0.0633. The van der Waals surface area contributed by atoms with Gasteiger partial charge in [-0.1, -0.05) is 180 Å². The van der Waals surface area contributed by atoms with E-state index in [9.17, 15) is 8.96 Å². The molecule has 1 unspecified atom stereocenters. The van der Waals surface area contributed by atoms with E-state index in [1.807, 2.05) is 0 Å². The Labute approximate surface area is 238 Å². The fourth-order valence-electron chi connectivity index (χ4n) is 5.51. The standard InChI is InChI=1S/C33H68FO3P/c1-2-3-4-5-6-7-8-12-15-18-21-24-27-30-33(34)31-28-25-22-19-16-13-10-9-11-14-17-20-23-26-29-32-38(35,36)37/h33H,2-32H2,1H3,(H2,35,36,37). The maximum Gasteiger partial charge on any atom is 0.325 e. The summed E-state index contributed by atoms with van der Waals surface area (Å²) in [6, 6.07) is 0. The Bertz CT molecular complexity index is 497. The highest BCUT2D eigenvalue weighted by atomic mass is 31.2. The third-order valence-electron chi connectivity index (χ3n) is 8.09. The summed E-state index contributed by atoms with van der Waals surface area (Å²) in [5, 5.41) is 0. The number of alkyl halides is 1. The predicted octanol–water partition coefficient (Wildman–Crippen LogP) is 12.2. The molecular weight excluding hydrogens is 494 g/mol. The fraction of sp³-hybridized carbons (Fsp3) is 1.00. The van der Waals surface area contributed by atoms with Crippen molar-refractivity contribution in [1.29, 1.82) is 0 Å². The van der Waals surface area contributed by atoms with Crippen molar-refractivity contribution in [3.05, 3.63) is 0 Å². The molecule has 0 aromatic carbocycles. The van der Waals surface area contributed by atoms with Gasteiger partial charge < -0.3 is 9.79 Å². The van der Waals surface area contributed by atoms with Crippen molar-refractivity contribution in [3.63, 3.8) is 0 Å². The maximum atomic E-state index is 14.1. The average molecular weight is 563 g/mol. The number of hydrogen-bond donors (Lipinski definition) is 2. The third-order valence-corrected chi connectivity index (χ3v) is 8.99. The van der Waals surface area contributed by atoms with Crippen LogP contribution in [0.4, 0.5) is 4.39 Å². The zero-order valence-corrected chi connectivity index (χ0v) is 26.5. The van der Waals surface area contributed by atoms with E-state index in [1.165, 1.54) is 148 Å². The molecule has 0 rings (SSSR count). The summed E-state index contributed by atoms with van der Waals surface area (Å²) in [6.07, 6.45) is 36.6. The Balaban J connectivity index is 3.16. The van der Waals surface area contributed by atoms with E-state index < -0.39 is 13.8 Å². The van der Waals surface area contributed by atoms with E-state index in [1.54, 1.807) is 0 Å². The molecule has 0 amide bonds. The van der Waals surface area contributed by atoms with Gasteiger partial charge in [-0.05, 0) is 19.3 Å².